The number of piperazine rings is 1. The van der Waals surface area contributed by atoms with E-state index in [4.69, 9.17) is 16.6 Å². The monoisotopic (exact) mass is 411 g/mol. The standard InChI is InChI=1S/C20H34ClN5S/c1-3-22-20(24-11-17-27-19-8-6-18(21)7-9-19)23-10-4-5-12-26-15-13-25(2)14-16-26/h6-9H,3-5,10-17H2,1-2H3,(H2,22,23,24). The molecule has 0 atom stereocenters. The molecule has 0 saturated carbocycles. The first kappa shape index (κ1) is 22.3. The van der Waals surface area contributed by atoms with E-state index < -0.39 is 0 Å². The van der Waals surface area contributed by atoms with Crippen LogP contribution < -0.4 is 10.6 Å². The molecule has 2 N–H and O–H groups in total. The van der Waals surface area contributed by atoms with Crippen LogP contribution in [0.3, 0.4) is 0 Å². The van der Waals surface area contributed by atoms with Gasteiger partial charge in [0.05, 0.1) is 0 Å². The van der Waals surface area contributed by atoms with Crippen molar-refractivity contribution in [2.45, 2.75) is 24.7 Å². The maximum atomic E-state index is 5.92. The molecular formula is C20H34ClN5S. The van der Waals surface area contributed by atoms with Gasteiger partial charge in [-0.2, -0.15) is 0 Å². The number of nitrogens with zero attached hydrogens (tertiary/aromatic N) is 3. The molecule has 0 spiro atoms. The lowest BCUT2D eigenvalue weighted by Crippen LogP contribution is -2.44. The molecule has 1 aromatic rings. The molecule has 7 heteroatoms. The number of halogens is 1. The Labute approximate surface area is 173 Å². The summed E-state index contributed by atoms with van der Waals surface area (Å²) in [6.45, 7) is 10.8. The Bertz CT molecular complexity index is 544. The lowest BCUT2D eigenvalue weighted by atomic mass is 10.2. The van der Waals surface area contributed by atoms with Gasteiger partial charge in [0.2, 0.25) is 0 Å². The zero-order valence-corrected chi connectivity index (χ0v) is 18.3. The number of likely N-dealkylation sites (N-methyl/N-ethyl adjacent to an activating group) is 1. The highest BCUT2D eigenvalue weighted by Crippen LogP contribution is 2.19. The van der Waals surface area contributed by atoms with Gasteiger partial charge in [-0.1, -0.05) is 11.6 Å². The van der Waals surface area contributed by atoms with E-state index in [1.807, 2.05) is 23.9 Å². The maximum absolute atomic E-state index is 5.92. The van der Waals surface area contributed by atoms with Crippen LogP contribution in [0.4, 0.5) is 0 Å². The predicted octanol–water partition coefficient (Wildman–Crippen LogP) is 3.01. The zero-order valence-electron chi connectivity index (χ0n) is 16.7. The fourth-order valence-corrected chi connectivity index (χ4v) is 3.81. The minimum atomic E-state index is 0.784. The van der Waals surface area contributed by atoms with E-state index in [2.05, 4.69) is 46.5 Å². The number of benzene rings is 1. The Morgan fingerprint density at radius 3 is 2.56 bits per heavy atom. The predicted molar refractivity (Wildman–Crippen MR) is 119 cm³/mol. The fourth-order valence-electron chi connectivity index (χ4n) is 2.92. The molecule has 0 unspecified atom stereocenters. The van der Waals surface area contributed by atoms with Crippen molar-refractivity contribution < 1.29 is 0 Å². The van der Waals surface area contributed by atoms with E-state index >= 15 is 0 Å². The molecule has 0 bridgehead atoms. The number of hydrogen-bond donors (Lipinski definition) is 2. The lowest BCUT2D eigenvalue weighted by Gasteiger charge is -2.32. The Morgan fingerprint density at radius 1 is 1.11 bits per heavy atom. The van der Waals surface area contributed by atoms with Gasteiger partial charge in [-0.05, 0) is 57.6 Å². The number of guanidine groups is 1. The third kappa shape index (κ3) is 9.70. The molecule has 27 heavy (non-hydrogen) atoms. The molecule has 1 saturated heterocycles. The van der Waals surface area contributed by atoms with Crippen molar-refractivity contribution in [3.05, 3.63) is 29.3 Å². The molecule has 1 heterocycles. The van der Waals surface area contributed by atoms with Gasteiger partial charge in [-0.15, -0.1) is 11.8 Å². The van der Waals surface area contributed by atoms with Crippen molar-refractivity contribution in [3.63, 3.8) is 0 Å². The number of aliphatic imine (C=N–C) groups is 1. The van der Waals surface area contributed by atoms with Gasteiger partial charge in [-0.3, -0.25) is 4.99 Å². The highest BCUT2D eigenvalue weighted by molar-refractivity contribution is 7.99. The molecule has 152 valence electrons. The molecule has 0 amide bonds. The summed E-state index contributed by atoms with van der Waals surface area (Å²) in [6, 6.07) is 8.00. The second-order valence-corrected chi connectivity index (χ2v) is 8.45. The first-order valence-corrected chi connectivity index (χ1v) is 11.3. The summed E-state index contributed by atoms with van der Waals surface area (Å²) in [6.07, 6.45) is 2.36. The third-order valence-corrected chi connectivity index (χ3v) is 5.84. The van der Waals surface area contributed by atoms with Crippen LogP contribution in [0.2, 0.25) is 5.02 Å². The van der Waals surface area contributed by atoms with Crippen LogP contribution in [-0.2, 0) is 0 Å². The molecule has 2 rings (SSSR count). The number of thioether (sulfide) groups is 1. The van der Waals surface area contributed by atoms with Crippen molar-refractivity contribution in [2.24, 2.45) is 4.99 Å². The van der Waals surface area contributed by atoms with E-state index in [1.54, 1.807) is 0 Å². The summed E-state index contributed by atoms with van der Waals surface area (Å²) in [7, 11) is 2.20. The molecule has 0 aliphatic carbocycles. The molecule has 1 aromatic carbocycles. The number of nitrogens with one attached hydrogen (secondary N) is 2. The summed E-state index contributed by atoms with van der Waals surface area (Å²) < 4.78 is 0. The van der Waals surface area contributed by atoms with Gasteiger partial charge in [0.15, 0.2) is 5.96 Å². The van der Waals surface area contributed by atoms with Crippen LogP contribution in [0.15, 0.2) is 34.2 Å². The van der Waals surface area contributed by atoms with Crippen LogP contribution in [0.25, 0.3) is 0 Å². The highest BCUT2D eigenvalue weighted by atomic mass is 35.5. The average molecular weight is 412 g/mol. The van der Waals surface area contributed by atoms with Crippen LogP contribution in [0.5, 0.6) is 0 Å². The Morgan fingerprint density at radius 2 is 1.85 bits per heavy atom. The van der Waals surface area contributed by atoms with Crippen LogP contribution >= 0.6 is 23.4 Å². The Kier molecular flexibility index (Phi) is 11.0. The zero-order chi connectivity index (χ0) is 19.3. The summed E-state index contributed by atoms with van der Waals surface area (Å²) in [5.41, 5.74) is 0. The number of rotatable bonds is 10. The quantitative estimate of drug-likeness (QED) is 0.268. The van der Waals surface area contributed by atoms with Crippen molar-refractivity contribution in [1.82, 2.24) is 20.4 Å². The average Bonchev–Trinajstić information content (AvgIpc) is 2.67. The van der Waals surface area contributed by atoms with Gasteiger partial charge >= 0.3 is 0 Å². The van der Waals surface area contributed by atoms with Gasteiger partial charge in [0.25, 0.3) is 0 Å². The van der Waals surface area contributed by atoms with E-state index in [9.17, 15) is 0 Å². The largest absolute Gasteiger partial charge is 0.357 e. The lowest BCUT2D eigenvalue weighted by molar-refractivity contribution is 0.152. The first-order chi connectivity index (χ1) is 13.2. The van der Waals surface area contributed by atoms with Crippen molar-refractivity contribution >= 4 is 29.3 Å². The second kappa shape index (κ2) is 13.3. The molecule has 5 nitrogen and oxygen atoms in total. The van der Waals surface area contributed by atoms with Crippen LogP contribution in [-0.4, -0.2) is 80.9 Å². The van der Waals surface area contributed by atoms with Crippen LogP contribution in [0.1, 0.15) is 19.8 Å². The minimum absolute atomic E-state index is 0.784. The smallest absolute Gasteiger partial charge is 0.191 e. The Hall–Kier alpha value is -0.950. The third-order valence-electron chi connectivity index (χ3n) is 4.57. The Balaban J connectivity index is 1.58. The van der Waals surface area contributed by atoms with E-state index in [0.717, 1.165) is 42.8 Å². The fraction of sp³-hybridized carbons (Fsp3) is 0.650. The SMILES string of the molecule is CCNC(=NCCCCN1CCN(C)CC1)NCCSc1ccc(Cl)cc1. The van der Waals surface area contributed by atoms with Gasteiger partial charge in [-0.25, -0.2) is 0 Å². The summed E-state index contributed by atoms with van der Waals surface area (Å²) in [5, 5.41) is 7.54. The van der Waals surface area contributed by atoms with E-state index in [0.29, 0.717) is 0 Å². The van der Waals surface area contributed by atoms with Gasteiger partial charge < -0.3 is 20.4 Å². The van der Waals surface area contributed by atoms with Crippen molar-refractivity contribution in [3.8, 4) is 0 Å². The number of unbranched alkanes of at least 4 members (excludes halogenated alkanes) is 1. The normalized spacial score (nSPS) is 16.5. The molecular weight excluding hydrogens is 378 g/mol. The number of hydrogen-bond acceptors (Lipinski definition) is 4. The molecule has 0 radical (unpaired) electrons. The molecule has 1 aliphatic heterocycles. The van der Waals surface area contributed by atoms with E-state index in [1.165, 1.54) is 44.0 Å². The van der Waals surface area contributed by atoms with Gasteiger partial charge in [0, 0.05) is 61.5 Å². The van der Waals surface area contributed by atoms with Crippen molar-refractivity contribution in [2.75, 3.05) is 65.2 Å². The summed E-state index contributed by atoms with van der Waals surface area (Å²) in [4.78, 5) is 10.9. The van der Waals surface area contributed by atoms with Gasteiger partial charge in [0.1, 0.15) is 0 Å². The molecule has 1 aliphatic rings. The van der Waals surface area contributed by atoms with E-state index in [-0.39, 0.29) is 0 Å². The maximum Gasteiger partial charge on any atom is 0.191 e. The minimum Gasteiger partial charge on any atom is -0.357 e. The first-order valence-electron chi connectivity index (χ1n) is 9.99. The molecule has 0 aromatic heterocycles. The second-order valence-electron chi connectivity index (χ2n) is 6.84. The summed E-state index contributed by atoms with van der Waals surface area (Å²) >= 11 is 7.74. The van der Waals surface area contributed by atoms with Crippen molar-refractivity contribution in [1.29, 1.82) is 0 Å². The highest BCUT2D eigenvalue weighted by Gasteiger charge is 2.12. The van der Waals surface area contributed by atoms with Crippen LogP contribution in [0, 0.1) is 0 Å². The topological polar surface area (TPSA) is 42.9 Å². The summed E-state index contributed by atoms with van der Waals surface area (Å²) in [5.74, 6) is 1.92. The molecule has 1 fully saturated rings.